The molecule has 0 saturated heterocycles. The summed E-state index contributed by atoms with van der Waals surface area (Å²) in [6.07, 6.45) is 10.3. The average molecular weight is 179 g/mol. The van der Waals surface area contributed by atoms with Gasteiger partial charge in [0.15, 0.2) is 0 Å². The van der Waals surface area contributed by atoms with Gasteiger partial charge in [-0.25, -0.2) is 0 Å². The highest BCUT2D eigenvalue weighted by molar-refractivity contribution is 6.08. The maximum absolute atomic E-state index is 5.72. The van der Waals surface area contributed by atoms with Crippen LogP contribution in [0.3, 0.4) is 0 Å². The van der Waals surface area contributed by atoms with E-state index < -0.39 is 0 Å². The summed E-state index contributed by atoms with van der Waals surface area (Å²) in [5.41, 5.74) is 5.72. The predicted molar refractivity (Wildman–Crippen MR) is 58.9 cm³/mol. The molecule has 1 nitrogen and oxygen atoms in total. The molecule has 0 aliphatic heterocycles. The van der Waals surface area contributed by atoms with Crippen molar-refractivity contribution in [3.8, 4) is 0 Å². The molecule has 2 unspecified atom stereocenters. The summed E-state index contributed by atoms with van der Waals surface area (Å²) < 4.78 is 0. The highest BCUT2D eigenvalue weighted by atomic mass is 14.5. The third-order valence-corrected chi connectivity index (χ3v) is 3.37. The Morgan fingerprint density at radius 2 is 1.62 bits per heavy atom. The highest BCUT2D eigenvalue weighted by Crippen LogP contribution is 2.28. The Hall–Kier alpha value is 0.0249. The molecule has 1 aliphatic rings. The van der Waals surface area contributed by atoms with Crippen LogP contribution in [0.2, 0.25) is 6.32 Å². The van der Waals surface area contributed by atoms with Crippen molar-refractivity contribution in [3.05, 3.63) is 0 Å². The summed E-state index contributed by atoms with van der Waals surface area (Å²) in [5, 5.41) is 0. The first kappa shape index (κ1) is 11.1. The molecule has 2 N–H and O–H groups in total. The second-order valence-electron chi connectivity index (χ2n) is 4.41. The number of hydrogen-bond acceptors (Lipinski definition) is 1. The molecule has 2 heteroatoms. The predicted octanol–water partition coefficient (Wildman–Crippen LogP) is 2.51. The second kappa shape index (κ2) is 6.47. The minimum atomic E-state index is 0.792. The fourth-order valence-electron chi connectivity index (χ4n) is 2.39. The van der Waals surface area contributed by atoms with Gasteiger partial charge < -0.3 is 5.73 Å². The minimum absolute atomic E-state index is 0.792. The zero-order valence-corrected chi connectivity index (χ0v) is 8.67. The van der Waals surface area contributed by atoms with E-state index >= 15 is 0 Å². The molecule has 0 aromatic rings. The summed E-state index contributed by atoms with van der Waals surface area (Å²) in [5.74, 6) is 1.68. The van der Waals surface area contributed by atoms with E-state index in [1.807, 2.05) is 0 Å². The van der Waals surface area contributed by atoms with E-state index in [1.165, 1.54) is 44.9 Å². The van der Waals surface area contributed by atoms with E-state index in [0.29, 0.717) is 0 Å². The smallest absolute Gasteiger partial charge is 0.0653 e. The van der Waals surface area contributed by atoms with Crippen LogP contribution in [0.1, 0.15) is 44.9 Å². The van der Waals surface area contributed by atoms with Gasteiger partial charge in [-0.15, -0.1) is 0 Å². The van der Waals surface area contributed by atoms with E-state index in [-0.39, 0.29) is 0 Å². The third kappa shape index (κ3) is 4.17. The third-order valence-electron chi connectivity index (χ3n) is 3.37. The van der Waals surface area contributed by atoms with Crippen molar-refractivity contribution >= 4 is 7.85 Å². The lowest BCUT2D eigenvalue weighted by Crippen LogP contribution is -2.17. The Balaban J connectivity index is 2.27. The second-order valence-corrected chi connectivity index (χ2v) is 4.41. The molecule has 0 aromatic carbocycles. The molecule has 0 amide bonds. The van der Waals surface area contributed by atoms with Gasteiger partial charge in [0, 0.05) is 0 Å². The van der Waals surface area contributed by atoms with Crippen molar-refractivity contribution in [2.24, 2.45) is 17.6 Å². The Labute approximate surface area is 83.9 Å². The molecule has 1 saturated carbocycles. The van der Waals surface area contributed by atoms with Crippen LogP contribution in [0.5, 0.6) is 0 Å². The number of hydrogen-bond donors (Lipinski definition) is 1. The van der Waals surface area contributed by atoms with Gasteiger partial charge in [-0.3, -0.25) is 0 Å². The van der Waals surface area contributed by atoms with Crippen LogP contribution in [0.4, 0.5) is 0 Å². The fraction of sp³-hybridized carbons (Fsp3) is 1.00. The van der Waals surface area contributed by atoms with Crippen LogP contribution in [0, 0.1) is 11.8 Å². The first-order chi connectivity index (χ1) is 6.36. The lowest BCUT2D eigenvalue weighted by molar-refractivity contribution is 0.311. The zero-order chi connectivity index (χ0) is 9.52. The minimum Gasteiger partial charge on any atom is -0.330 e. The van der Waals surface area contributed by atoms with Gasteiger partial charge in [0.25, 0.3) is 0 Å². The van der Waals surface area contributed by atoms with E-state index in [1.54, 1.807) is 0 Å². The first-order valence-electron chi connectivity index (χ1n) is 5.77. The topological polar surface area (TPSA) is 26.0 Å². The largest absolute Gasteiger partial charge is 0.330 e. The fourth-order valence-corrected chi connectivity index (χ4v) is 2.39. The molecule has 0 bridgehead atoms. The highest BCUT2D eigenvalue weighted by Gasteiger charge is 2.15. The van der Waals surface area contributed by atoms with Crippen molar-refractivity contribution in [2.75, 3.05) is 6.54 Å². The van der Waals surface area contributed by atoms with Crippen LogP contribution in [0.25, 0.3) is 0 Å². The summed E-state index contributed by atoms with van der Waals surface area (Å²) in [4.78, 5) is 0. The van der Waals surface area contributed by atoms with Crippen LogP contribution < -0.4 is 5.73 Å². The standard InChI is InChI=1S/C11H22BN/c12-8-7-10-3-1-2-4-11(9-13)6-5-10/h10-11H,1-9,13H2. The summed E-state index contributed by atoms with van der Waals surface area (Å²) in [7, 11) is 5.59. The molecule has 13 heavy (non-hydrogen) atoms. The number of rotatable bonds is 3. The monoisotopic (exact) mass is 179 g/mol. The number of nitrogens with two attached hydrogens (primary N) is 1. The summed E-state index contributed by atoms with van der Waals surface area (Å²) in [6.45, 7) is 0.884. The van der Waals surface area contributed by atoms with Gasteiger partial charge in [0.2, 0.25) is 0 Å². The summed E-state index contributed by atoms with van der Waals surface area (Å²) in [6, 6.07) is 0. The SMILES string of the molecule is [B]CCC1CCCCC(CN)CC1. The van der Waals surface area contributed by atoms with Gasteiger partial charge in [0.05, 0.1) is 7.85 Å². The van der Waals surface area contributed by atoms with Crippen LogP contribution in [0.15, 0.2) is 0 Å². The van der Waals surface area contributed by atoms with Crippen molar-refractivity contribution < 1.29 is 0 Å². The van der Waals surface area contributed by atoms with Crippen LogP contribution in [-0.2, 0) is 0 Å². The molecule has 0 heterocycles. The first-order valence-corrected chi connectivity index (χ1v) is 5.77. The molecule has 1 aliphatic carbocycles. The van der Waals surface area contributed by atoms with Crippen molar-refractivity contribution in [2.45, 2.75) is 51.3 Å². The molecular weight excluding hydrogens is 157 g/mol. The Kier molecular flexibility index (Phi) is 5.53. The van der Waals surface area contributed by atoms with Crippen LogP contribution in [-0.4, -0.2) is 14.4 Å². The normalized spacial score (nSPS) is 30.8. The van der Waals surface area contributed by atoms with E-state index in [9.17, 15) is 0 Å². The van der Waals surface area contributed by atoms with Crippen molar-refractivity contribution in [1.29, 1.82) is 0 Å². The summed E-state index contributed by atoms with van der Waals surface area (Å²) >= 11 is 0. The molecule has 1 rings (SSSR count). The molecule has 0 aromatic heterocycles. The maximum atomic E-state index is 5.72. The molecule has 0 spiro atoms. The van der Waals surface area contributed by atoms with Gasteiger partial charge in [-0.1, -0.05) is 38.4 Å². The Morgan fingerprint density at radius 3 is 2.23 bits per heavy atom. The lowest BCUT2D eigenvalue weighted by atomic mass is 9.81. The average Bonchev–Trinajstić information content (AvgIpc) is 2.11. The van der Waals surface area contributed by atoms with Gasteiger partial charge in [-0.05, 0) is 31.2 Å². The quantitative estimate of drug-likeness (QED) is 0.662. The Morgan fingerprint density at radius 1 is 1.00 bits per heavy atom. The van der Waals surface area contributed by atoms with Gasteiger partial charge in [-0.2, -0.15) is 0 Å². The van der Waals surface area contributed by atoms with Crippen molar-refractivity contribution in [3.63, 3.8) is 0 Å². The van der Waals surface area contributed by atoms with Gasteiger partial charge in [0.1, 0.15) is 0 Å². The van der Waals surface area contributed by atoms with Gasteiger partial charge >= 0.3 is 0 Å². The molecule has 2 radical (unpaired) electrons. The zero-order valence-electron chi connectivity index (χ0n) is 8.67. The van der Waals surface area contributed by atoms with E-state index in [0.717, 1.165) is 24.7 Å². The molecular formula is C11H22BN. The van der Waals surface area contributed by atoms with Crippen LogP contribution >= 0.6 is 0 Å². The molecule has 1 fully saturated rings. The van der Waals surface area contributed by atoms with E-state index in [2.05, 4.69) is 0 Å². The van der Waals surface area contributed by atoms with Crippen molar-refractivity contribution in [1.82, 2.24) is 0 Å². The molecule has 2 atom stereocenters. The Bertz CT molecular complexity index is 127. The maximum Gasteiger partial charge on any atom is 0.0653 e. The lowest BCUT2D eigenvalue weighted by Gasteiger charge is -2.23. The van der Waals surface area contributed by atoms with E-state index in [4.69, 9.17) is 13.6 Å². The molecule has 74 valence electrons.